The van der Waals surface area contributed by atoms with Crippen molar-refractivity contribution >= 4 is 5.69 Å². The minimum Gasteiger partial charge on any atom is -0.435 e. The van der Waals surface area contributed by atoms with Gasteiger partial charge in [-0.05, 0) is 25.5 Å². The second kappa shape index (κ2) is 4.61. The van der Waals surface area contributed by atoms with E-state index in [1.165, 1.54) is 16.8 Å². The number of nitrogen functional groups attached to an aromatic ring is 1. The summed E-state index contributed by atoms with van der Waals surface area (Å²) in [7, 11) is 1.63. The van der Waals surface area contributed by atoms with Crippen LogP contribution >= 0.6 is 0 Å². The van der Waals surface area contributed by atoms with Crippen LogP contribution in [-0.2, 0) is 7.05 Å². The molecule has 1 heterocycles. The van der Waals surface area contributed by atoms with Crippen molar-refractivity contribution < 1.29 is 9.13 Å². The number of nitriles is 1. The summed E-state index contributed by atoms with van der Waals surface area (Å²) in [5.41, 5.74) is 7.49. The van der Waals surface area contributed by atoms with E-state index in [9.17, 15) is 4.39 Å². The lowest BCUT2D eigenvalue weighted by atomic mass is 10.2. The third kappa shape index (κ3) is 2.22. The van der Waals surface area contributed by atoms with E-state index in [1.54, 1.807) is 20.9 Å². The molecule has 0 unspecified atom stereocenters. The summed E-state index contributed by atoms with van der Waals surface area (Å²) in [5, 5.41) is 13.1. The fourth-order valence-electron chi connectivity index (χ4n) is 1.74. The standard InChI is InChI=1S/C13H13FN4O/c1-7-4-12(10(14)5-11(7)16)19-13-9(6-15)8(2)17-18(13)3/h4-5H,16H2,1-3H3. The first-order chi connectivity index (χ1) is 8.93. The van der Waals surface area contributed by atoms with Crippen molar-refractivity contribution in [1.82, 2.24) is 9.78 Å². The molecule has 2 N–H and O–H groups in total. The summed E-state index contributed by atoms with van der Waals surface area (Å²) >= 11 is 0. The number of aryl methyl sites for hydroxylation is 3. The minimum absolute atomic E-state index is 0.0196. The molecule has 2 rings (SSSR count). The number of halogens is 1. The highest BCUT2D eigenvalue weighted by molar-refractivity contribution is 5.52. The van der Waals surface area contributed by atoms with Crippen LogP contribution in [0.4, 0.5) is 10.1 Å². The summed E-state index contributed by atoms with van der Waals surface area (Å²) in [6, 6.07) is 4.68. The third-order valence-corrected chi connectivity index (χ3v) is 2.81. The van der Waals surface area contributed by atoms with Crippen molar-refractivity contribution in [2.24, 2.45) is 7.05 Å². The van der Waals surface area contributed by atoms with Crippen molar-refractivity contribution in [3.05, 3.63) is 34.8 Å². The number of nitrogens with zero attached hydrogens (tertiary/aromatic N) is 3. The van der Waals surface area contributed by atoms with Gasteiger partial charge in [0, 0.05) is 18.8 Å². The zero-order valence-corrected chi connectivity index (χ0v) is 10.9. The quantitative estimate of drug-likeness (QED) is 0.841. The van der Waals surface area contributed by atoms with Gasteiger partial charge in [0.25, 0.3) is 0 Å². The molecule has 0 saturated carbocycles. The fraction of sp³-hybridized carbons (Fsp3) is 0.231. The van der Waals surface area contributed by atoms with Crippen LogP contribution in [0.5, 0.6) is 11.6 Å². The summed E-state index contributed by atoms with van der Waals surface area (Å²) in [6.45, 7) is 3.44. The molecule has 0 aliphatic rings. The SMILES string of the molecule is Cc1cc(Oc2c(C#N)c(C)nn2C)c(F)cc1N. The van der Waals surface area contributed by atoms with Gasteiger partial charge in [0.15, 0.2) is 11.6 Å². The van der Waals surface area contributed by atoms with E-state index < -0.39 is 5.82 Å². The second-order valence-electron chi connectivity index (χ2n) is 4.24. The highest BCUT2D eigenvalue weighted by Crippen LogP contribution is 2.30. The smallest absolute Gasteiger partial charge is 0.236 e. The molecule has 19 heavy (non-hydrogen) atoms. The Labute approximate surface area is 110 Å². The lowest BCUT2D eigenvalue weighted by molar-refractivity contribution is 0.402. The van der Waals surface area contributed by atoms with Gasteiger partial charge < -0.3 is 10.5 Å². The maximum atomic E-state index is 13.8. The summed E-state index contributed by atoms with van der Waals surface area (Å²) in [6.07, 6.45) is 0. The number of hydrogen-bond donors (Lipinski definition) is 1. The van der Waals surface area contributed by atoms with Crippen LogP contribution in [-0.4, -0.2) is 9.78 Å². The van der Waals surface area contributed by atoms with Gasteiger partial charge in [-0.15, -0.1) is 0 Å². The van der Waals surface area contributed by atoms with Crippen LogP contribution in [0.15, 0.2) is 12.1 Å². The maximum absolute atomic E-state index is 13.8. The Bertz CT molecular complexity index is 685. The van der Waals surface area contributed by atoms with Gasteiger partial charge in [-0.2, -0.15) is 10.4 Å². The van der Waals surface area contributed by atoms with Crippen LogP contribution in [0, 0.1) is 31.0 Å². The lowest BCUT2D eigenvalue weighted by Gasteiger charge is -2.09. The monoisotopic (exact) mass is 260 g/mol. The zero-order chi connectivity index (χ0) is 14.2. The van der Waals surface area contributed by atoms with Crippen LogP contribution in [0.2, 0.25) is 0 Å². The highest BCUT2D eigenvalue weighted by Gasteiger charge is 2.17. The Balaban J connectivity index is 2.48. The van der Waals surface area contributed by atoms with Gasteiger partial charge in [-0.1, -0.05) is 0 Å². The van der Waals surface area contributed by atoms with Gasteiger partial charge in [0.05, 0.1) is 5.69 Å². The van der Waals surface area contributed by atoms with Crippen molar-refractivity contribution in [2.45, 2.75) is 13.8 Å². The Hall–Kier alpha value is -2.55. The highest BCUT2D eigenvalue weighted by atomic mass is 19.1. The molecule has 0 bridgehead atoms. The normalized spacial score (nSPS) is 10.3. The van der Waals surface area contributed by atoms with E-state index in [0.717, 1.165) is 0 Å². The molecule has 98 valence electrons. The number of hydrogen-bond acceptors (Lipinski definition) is 4. The molecule has 0 aliphatic carbocycles. The van der Waals surface area contributed by atoms with Gasteiger partial charge in [0.1, 0.15) is 11.6 Å². The van der Waals surface area contributed by atoms with Crippen LogP contribution in [0.1, 0.15) is 16.8 Å². The lowest BCUT2D eigenvalue weighted by Crippen LogP contribution is -1.99. The van der Waals surface area contributed by atoms with Crippen molar-refractivity contribution in [2.75, 3.05) is 5.73 Å². The summed E-state index contributed by atoms with van der Waals surface area (Å²) in [4.78, 5) is 0. The van der Waals surface area contributed by atoms with Crippen LogP contribution in [0.3, 0.4) is 0 Å². The van der Waals surface area contributed by atoms with Crippen LogP contribution in [0.25, 0.3) is 0 Å². The molecule has 6 heteroatoms. The van der Waals surface area contributed by atoms with E-state index >= 15 is 0 Å². The minimum atomic E-state index is -0.578. The zero-order valence-electron chi connectivity index (χ0n) is 10.9. The average molecular weight is 260 g/mol. The summed E-state index contributed by atoms with van der Waals surface area (Å²) < 4.78 is 20.6. The van der Waals surface area contributed by atoms with E-state index in [2.05, 4.69) is 5.10 Å². The Morgan fingerprint density at radius 1 is 1.42 bits per heavy atom. The molecule has 2 aromatic rings. The Kier molecular flexibility index (Phi) is 3.13. The molecule has 0 saturated heterocycles. The molecule has 0 radical (unpaired) electrons. The van der Waals surface area contributed by atoms with E-state index in [0.29, 0.717) is 16.9 Å². The number of ether oxygens (including phenoxy) is 1. The number of aromatic nitrogens is 2. The maximum Gasteiger partial charge on any atom is 0.236 e. The van der Waals surface area contributed by atoms with Gasteiger partial charge in [-0.3, -0.25) is 0 Å². The molecule has 1 aromatic heterocycles. The number of anilines is 1. The molecule has 1 aromatic carbocycles. The predicted molar refractivity (Wildman–Crippen MR) is 68.3 cm³/mol. The fourth-order valence-corrected chi connectivity index (χ4v) is 1.74. The van der Waals surface area contributed by atoms with Crippen molar-refractivity contribution in [3.63, 3.8) is 0 Å². The first kappa shape index (κ1) is 12.9. The molecular formula is C13H13FN4O. The van der Waals surface area contributed by atoms with E-state index in [1.807, 2.05) is 6.07 Å². The predicted octanol–water partition coefficient (Wildman–Crippen LogP) is 2.42. The topological polar surface area (TPSA) is 76.9 Å². The first-order valence-corrected chi connectivity index (χ1v) is 5.61. The average Bonchev–Trinajstić information content (AvgIpc) is 2.60. The molecule has 0 aliphatic heterocycles. The molecule has 0 spiro atoms. The largest absolute Gasteiger partial charge is 0.435 e. The third-order valence-electron chi connectivity index (χ3n) is 2.81. The molecule has 0 fully saturated rings. The number of rotatable bonds is 2. The van der Waals surface area contributed by atoms with E-state index in [-0.39, 0.29) is 17.2 Å². The second-order valence-corrected chi connectivity index (χ2v) is 4.24. The molecular weight excluding hydrogens is 247 g/mol. The molecule has 5 nitrogen and oxygen atoms in total. The Morgan fingerprint density at radius 2 is 2.11 bits per heavy atom. The first-order valence-electron chi connectivity index (χ1n) is 5.61. The van der Waals surface area contributed by atoms with E-state index in [4.69, 9.17) is 15.7 Å². The molecule has 0 atom stereocenters. The number of benzene rings is 1. The van der Waals surface area contributed by atoms with Crippen molar-refractivity contribution in [3.8, 4) is 17.7 Å². The van der Waals surface area contributed by atoms with Gasteiger partial charge >= 0.3 is 0 Å². The van der Waals surface area contributed by atoms with Crippen LogP contribution < -0.4 is 10.5 Å². The summed E-state index contributed by atoms with van der Waals surface area (Å²) in [5.74, 6) is -0.347. The van der Waals surface area contributed by atoms with Gasteiger partial charge in [-0.25, -0.2) is 9.07 Å². The Morgan fingerprint density at radius 3 is 2.74 bits per heavy atom. The van der Waals surface area contributed by atoms with Crippen molar-refractivity contribution in [1.29, 1.82) is 5.26 Å². The number of nitrogens with two attached hydrogens (primary N) is 1. The molecule has 0 amide bonds. The van der Waals surface area contributed by atoms with Gasteiger partial charge in [0.2, 0.25) is 5.88 Å².